The molecule has 144 valence electrons. The summed E-state index contributed by atoms with van der Waals surface area (Å²) in [6, 6.07) is 3.48. The number of thiazole rings is 1. The molecule has 10 heteroatoms. The third-order valence-corrected chi connectivity index (χ3v) is 4.80. The third kappa shape index (κ3) is 3.90. The molecule has 0 N–H and O–H groups in total. The van der Waals surface area contributed by atoms with Gasteiger partial charge < -0.3 is 28.3 Å². The summed E-state index contributed by atoms with van der Waals surface area (Å²) < 4.78 is 28.1. The van der Waals surface area contributed by atoms with Crippen molar-refractivity contribution in [1.29, 1.82) is 0 Å². The quantitative estimate of drug-likeness (QED) is 0.703. The SMILES string of the molecule is COC(=O)Cn1c(=NC(=O)C2=COCCO2)sc2cc(OC)c(OC)cc21. The van der Waals surface area contributed by atoms with Crippen molar-refractivity contribution in [1.82, 2.24) is 4.57 Å². The van der Waals surface area contributed by atoms with Crippen molar-refractivity contribution < 1.29 is 33.3 Å². The van der Waals surface area contributed by atoms with Crippen LogP contribution < -0.4 is 14.3 Å². The molecule has 1 aromatic heterocycles. The molecule has 3 rings (SSSR count). The van der Waals surface area contributed by atoms with Crippen molar-refractivity contribution in [3.63, 3.8) is 0 Å². The summed E-state index contributed by atoms with van der Waals surface area (Å²) in [4.78, 5) is 28.7. The number of aromatic nitrogens is 1. The first kappa shape index (κ1) is 18.8. The molecule has 0 saturated carbocycles. The van der Waals surface area contributed by atoms with E-state index >= 15 is 0 Å². The topological polar surface area (TPSA) is 97.6 Å². The highest BCUT2D eigenvalue weighted by molar-refractivity contribution is 7.16. The number of fused-ring (bicyclic) bond motifs is 1. The molecule has 1 aliphatic rings. The average molecular weight is 394 g/mol. The van der Waals surface area contributed by atoms with Gasteiger partial charge in [-0.05, 0) is 0 Å². The molecule has 2 heterocycles. The van der Waals surface area contributed by atoms with Gasteiger partial charge in [-0.1, -0.05) is 11.3 Å². The molecule has 0 bridgehead atoms. The van der Waals surface area contributed by atoms with Crippen molar-refractivity contribution >= 4 is 33.4 Å². The molecular weight excluding hydrogens is 376 g/mol. The Labute approximate surface area is 158 Å². The molecule has 1 aromatic carbocycles. The first-order chi connectivity index (χ1) is 13.1. The van der Waals surface area contributed by atoms with Gasteiger partial charge >= 0.3 is 11.9 Å². The predicted octanol–water partition coefficient (Wildman–Crippen LogP) is 1.21. The van der Waals surface area contributed by atoms with E-state index in [9.17, 15) is 9.59 Å². The van der Waals surface area contributed by atoms with Crippen molar-refractivity contribution in [2.24, 2.45) is 4.99 Å². The maximum Gasteiger partial charge on any atom is 0.325 e. The van der Waals surface area contributed by atoms with Crippen LogP contribution in [0.4, 0.5) is 0 Å². The minimum Gasteiger partial charge on any atom is -0.494 e. The van der Waals surface area contributed by atoms with Gasteiger partial charge in [0.1, 0.15) is 26.0 Å². The summed E-state index contributed by atoms with van der Waals surface area (Å²) in [5, 5.41) is 0. The van der Waals surface area contributed by atoms with E-state index in [1.54, 1.807) is 16.7 Å². The zero-order valence-corrected chi connectivity index (χ0v) is 15.8. The summed E-state index contributed by atoms with van der Waals surface area (Å²) in [6.45, 7) is 0.534. The summed E-state index contributed by atoms with van der Waals surface area (Å²) >= 11 is 1.23. The molecule has 1 aliphatic heterocycles. The van der Waals surface area contributed by atoms with E-state index in [2.05, 4.69) is 4.99 Å². The molecule has 2 aromatic rings. The molecule has 0 radical (unpaired) electrons. The fourth-order valence-electron chi connectivity index (χ4n) is 2.45. The Bertz CT molecular complexity index is 974. The van der Waals surface area contributed by atoms with Gasteiger partial charge in [0.15, 0.2) is 16.3 Å². The van der Waals surface area contributed by atoms with Crippen LogP contribution in [0.15, 0.2) is 29.1 Å². The first-order valence-electron chi connectivity index (χ1n) is 7.93. The van der Waals surface area contributed by atoms with Crippen LogP contribution >= 0.6 is 11.3 Å². The van der Waals surface area contributed by atoms with Crippen molar-refractivity contribution in [3.05, 3.63) is 29.0 Å². The van der Waals surface area contributed by atoms with Gasteiger partial charge in [-0.15, -0.1) is 0 Å². The molecular formula is C17H18N2O7S. The Morgan fingerprint density at radius 3 is 2.56 bits per heavy atom. The zero-order valence-electron chi connectivity index (χ0n) is 15.0. The van der Waals surface area contributed by atoms with Gasteiger partial charge in [-0.3, -0.25) is 9.59 Å². The van der Waals surface area contributed by atoms with Crippen LogP contribution in [0, 0.1) is 0 Å². The average Bonchev–Trinajstić information content (AvgIpc) is 3.03. The number of nitrogens with zero attached hydrogens (tertiary/aromatic N) is 2. The maximum atomic E-state index is 12.4. The van der Waals surface area contributed by atoms with E-state index in [1.807, 2.05) is 0 Å². The van der Waals surface area contributed by atoms with E-state index < -0.39 is 11.9 Å². The summed E-state index contributed by atoms with van der Waals surface area (Å²) in [7, 11) is 4.34. The number of ether oxygens (including phenoxy) is 5. The largest absolute Gasteiger partial charge is 0.494 e. The van der Waals surface area contributed by atoms with Gasteiger partial charge in [0, 0.05) is 12.1 Å². The van der Waals surface area contributed by atoms with E-state index in [-0.39, 0.29) is 18.9 Å². The van der Waals surface area contributed by atoms with Crippen LogP contribution in [0.5, 0.6) is 11.5 Å². The standard InChI is InChI=1S/C17H18N2O7S/c1-22-11-6-10-14(7-12(11)23-2)27-17(19(10)8-15(20)24-3)18-16(21)13-9-25-4-5-26-13/h6-7,9H,4-5,8H2,1-3H3. The number of rotatable bonds is 5. The van der Waals surface area contributed by atoms with E-state index in [0.29, 0.717) is 28.4 Å². The third-order valence-electron chi connectivity index (χ3n) is 3.76. The lowest BCUT2D eigenvalue weighted by Crippen LogP contribution is -2.23. The number of carbonyl (C=O) groups is 2. The van der Waals surface area contributed by atoms with E-state index in [1.165, 1.54) is 38.9 Å². The van der Waals surface area contributed by atoms with Crippen LogP contribution in [0.3, 0.4) is 0 Å². The Morgan fingerprint density at radius 1 is 1.19 bits per heavy atom. The molecule has 1 amide bonds. The Morgan fingerprint density at radius 2 is 1.93 bits per heavy atom. The summed E-state index contributed by atoms with van der Waals surface area (Å²) in [5.74, 6) is -0.0424. The van der Waals surface area contributed by atoms with Gasteiger partial charge in [0.25, 0.3) is 0 Å². The number of hydrogen-bond donors (Lipinski definition) is 0. The van der Waals surface area contributed by atoms with Crippen molar-refractivity contribution in [2.45, 2.75) is 6.54 Å². The first-order valence-corrected chi connectivity index (χ1v) is 8.74. The monoisotopic (exact) mass is 394 g/mol. The molecule has 0 saturated heterocycles. The molecule has 0 aliphatic carbocycles. The van der Waals surface area contributed by atoms with Crippen molar-refractivity contribution in [2.75, 3.05) is 34.5 Å². The second kappa shape index (κ2) is 8.12. The number of hydrogen-bond acceptors (Lipinski definition) is 8. The molecule has 0 fully saturated rings. The highest BCUT2D eigenvalue weighted by atomic mass is 32.1. The smallest absolute Gasteiger partial charge is 0.325 e. The molecule has 9 nitrogen and oxygen atoms in total. The van der Waals surface area contributed by atoms with Gasteiger partial charge in [-0.25, -0.2) is 0 Å². The highest BCUT2D eigenvalue weighted by Crippen LogP contribution is 2.33. The molecule has 27 heavy (non-hydrogen) atoms. The van der Waals surface area contributed by atoms with Crippen LogP contribution in [0.2, 0.25) is 0 Å². The van der Waals surface area contributed by atoms with Crippen LogP contribution in [-0.4, -0.2) is 51.0 Å². The number of methoxy groups -OCH3 is 3. The van der Waals surface area contributed by atoms with E-state index in [4.69, 9.17) is 23.7 Å². The number of carbonyl (C=O) groups excluding carboxylic acids is 2. The minimum atomic E-state index is -0.598. The summed E-state index contributed by atoms with van der Waals surface area (Å²) in [5.41, 5.74) is 0.657. The fraction of sp³-hybridized carbons (Fsp3) is 0.353. The molecule has 0 atom stereocenters. The van der Waals surface area contributed by atoms with Crippen LogP contribution in [-0.2, 0) is 30.3 Å². The number of amides is 1. The lowest BCUT2D eigenvalue weighted by atomic mass is 10.3. The molecule has 0 unspecified atom stereocenters. The van der Waals surface area contributed by atoms with Gasteiger partial charge in [0.2, 0.25) is 5.76 Å². The Kier molecular flexibility index (Phi) is 5.65. The lowest BCUT2D eigenvalue weighted by Gasteiger charge is -2.12. The van der Waals surface area contributed by atoms with Crippen molar-refractivity contribution in [3.8, 4) is 11.5 Å². The second-order valence-electron chi connectivity index (χ2n) is 5.34. The molecule has 0 spiro atoms. The fourth-order valence-corrected chi connectivity index (χ4v) is 3.49. The number of esters is 1. The van der Waals surface area contributed by atoms with Crippen LogP contribution in [0.1, 0.15) is 0 Å². The zero-order chi connectivity index (χ0) is 19.4. The van der Waals surface area contributed by atoms with E-state index in [0.717, 1.165) is 4.70 Å². The van der Waals surface area contributed by atoms with Crippen LogP contribution in [0.25, 0.3) is 10.2 Å². The normalized spacial score (nSPS) is 14.2. The number of benzene rings is 1. The van der Waals surface area contributed by atoms with Gasteiger partial charge in [0.05, 0.1) is 31.5 Å². The maximum absolute atomic E-state index is 12.4. The Balaban J connectivity index is 2.16. The minimum absolute atomic E-state index is 0.0125. The Hall–Kier alpha value is -3.01. The van der Waals surface area contributed by atoms with Gasteiger partial charge in [-0.2, -0.15) is 4.99 Å². The highest BCUT2D eigenvalue weighted by Gasteiger charge is 2.18. The predicted molar refractivity (Wildman–Crippen MR) is 95.5 cm³/mol. The second-order valence-corrected chi connectivity index (χ2v) is 6.35. The summed E-state index contributed by atoms with van der Waals surface area (Å²) in [6.07, 6.45) is 1.24. The lowest BCUT2D eigenvalue weighted by molar-refractivity contribution is -0.141.